The molecule has 1 N–H and O–H groups in total. The molecule has 2 saturated heterocycles. The highest BCUT2D eigenvalue weighted by molar-refractivity contribution is 6.55. The Morgan fingerprint density at radius 2 is 1.70 bits per heavy atom. The molecule has 0 bridgehead atoms. The molecule has 2 aromatic carbocycles. The average molecular weight is 357 g/mol. The fourth-order valence-corrected chi connectivity index (χ4v) is 5.15. The topological polar surface area (TPSA) is 42.9 Å². The summed E-state index contributed by atoms with van der Waals surface area (Å²) in [4.78, 5) is 0. The minimum Gasteiger partial charge on any atom is -0.552 e. The highest BCUT2D eigenvalue weighted by Crippen LogP contribution is 2.54. The van der Waals surface area contributed by atoms with Gasteiger partial charge in [0.05, 0.1) is 5.31 Å². The van der Waals surface area contributed by atoms with Crippen LogP contribution in [0.3, 0.4) is 0 Å². The molecule has 1 saturated carbocycles. The monoisotopic (exact) mass is 357 g/mol. The zero-order valence-electron chi connectivity index (χ0n) is 15.4. The van der Waals surface area contributed by atoms with Gasteiger partial charge in [-0.05, 0) is 36.2 Å². The molecule has 6 heteroatoms. The molecule has 2 aliphatic heterocycles. The molecule has 1 aliphatic carbocycles. The highest BCUT2D eigenvalue weighted by Gasteiger charge is 2.62. The second-order valence-corrected chi connectivity index (χ2v) is 7.65. The van der Waals surface area contributed by atoms with Gasteiger partial charge in [0.2, 0.25) is 0 Å². The minimum atomic E-state index is -0.254. The van der Waals surface area contributed by atoms with E-state index in [1.165, 1.54) is 24.0 Å². The van der Waals surface area contributed by atoms with Crippen molar-refractivity contribution >= 4 is 20.4 Å². The maximum absolute atomic E-state index is 6.59. The maximum atomic E-state index is 6.59. The Morgan fingerprint density at radius 1 is 1.00 bits per heavy atom. The van der Waals surface area contributed by atoms with Gasteiger partial charge in [0.25, 0.3) is 0 Å². The fourth-order valence-electron chi connectivity index (χ4n) is 5.15. The molecule has 0 spiro atoms. The molecule has 2 atom stereocenters. The van der Waals surface area contributed by atoms with Crippen molar-refractivity contribution in [1.82, 2.24) is 5.34 Å². The van der Waals surface area contributed by atoms with Gasteiger partial charge in [-0.3, -0.25) is 0 Å². The summed E-state index contributed by atoms with van der Waals surface area (Å²) in [5.41, 5.74) is 2.59. The van der Waals surface area contributed by atoms with Crippen LogP contribution in [0.5, 0.6) is 0 Å². The molecule has 3 fully saturated rings. The zero-order chi connectivity index (χ0) is 18.1. The first-order chi connectivity index (χ1) is 13.4. The number of hydrogen-bond acceptors (Lipinski definition) is 4. The molecule has 1 radical (unpaired) electrons. The Labute approximate surface area is 161 Å². The first-order valence-corrected chi connectivity index (χ1v) is 9.96. The maximum Gasteiger partial charge on any atom is 0.446 e. The van der Waals surface area contributed by atoms with Crippen molar-refractivity contribution in [3.8, 4) is 0 Å². The lowest BCUT2D eigenvalue weighted by atomic mass is 9.45. The standard InChI is InChI=1S/C21H23B2N2O2/c1-3-8-16(9-4-1)21(17-10-5-2-6-11-17)18-12-7-13-19(18)27-23(21)25-24-20-14-15-22-26-20/h1-6,8-11,18-19,25H,7,12-15H2. The van der Waals surface area contributed by atoms with Gasteiger partial charge in [-0.15, -0.1) is 0 Å². The molecule has 2 aromatic rings. The van der Waals surface area contributed by atoms with E-state index in [-0.39, 0.29) is 18.5 Å². The molecule has 27 heavy (non-hydrogen) atoms. The Hall–Kier alpha value is -2.20. The van der Waals surface area contributed by atoms with Crippen LogP contribution < -0.4 is 5.34 Å². The van der Waals surface area contributed by atoms with Crippen molar-refractivity contribution in [1.29, 1.82) is 0 Å². The Kier molecular flexibility index (Phi) is 4.44. The summed E-state index contributed by atoms with van der Waals surface area (Å²) in [6.07, 6.45) is 5.53. The average Bonchev–Trinajstić information content (AvgIpc) is 3.45. The van der Waals surface area contributed by atoms with Crippen LogP contribution >= 0.6 is 0 Å². The summed E-state index contributed by atoms with van der Waals surface area (Å²) in [5.74, 6) is 1.18. The van der Waals surface area contributed by atoms with E-state index >= 15 is 0 Å². The lowest BCUT2D eigenvalue weighted by Crippen LogP contribution is -2.52. The van der Waals surface area contributed by atoms with E-state index in [4.69, 9.17) is 9.31 Å². The number of nitrogens with zero attached hydrogens (tertiary/aromatic N) is 1. The summed E-state index contributed by atoms with van der Waals surface area (Å²) in [6, 6.07) is 21.6. The summed E-state index contributed by atoms with van der Waals surface area (Å²) < 4.78 is 12.1. The molecule has 0 amide bonds. The lowest BCUT2D eigenvalue weighted by molar-refractivity contribution is 0.196. The van der Waals surface area contributed by atoms with Crippen LogP contribution in [0, 0.1) is 5.92 Å². The van der Waals surface area contributed by atoms with E-state index in [1.807, 2.05) is 7.48 Å². The molecule has 135 valence electrons. The summed E-state index contributed by atoms with van der Waals surface area (Å²) in [7, 11) is 1.60. The number of nitrogens with one attached hydrogen (secondary N) is 1. The number of hydrogen-bond donors (Lipinski definition) is 1. The Bertz CT molecular complexity index is 768. The van der Waals surface area contributed by atoms with Gasteiger partial charge in [-0.25, -0.2) is 0 Å². The SMILES string of the molecule is [B]1CCC(=NNB2OC3CCCC3C2(c2ccccc2)c2ccccc2)O1. The molecular formula is C21H23B2N2O2. The van der Waals surface area contributed by atoms with Crippen LogP contribution in [0.2, 0.25) is 6.32 Å². The van der Waals surface area contributed by atoms with E-state index < -0.39 is 0 Å². The van der Waals surface area contributed by atoms with E-state index in [9.17, 15) is 0 Å². The van der Waals surface area contributed by atoms with E-state index in [1.54, 1.807) is 0 Å². The summed E-state index contributed by atoms with van der Waals surface area (Å²) >= 11 is 0. The van der Waals surface area contributed by atoms with E-state index in [0.717, 1.165) is 25.1 Å². The third kappa shape index (κ3) is 2.78. The molecule has 2 heterocycles. The van der Waals surface area contributed by atoms with Crippen LogP contribution in [-0.2, 0) is 14.6 Å². The van der Waals surface area contributed by atoms with Gasteiger partial charge in [0.1, 0.15) is 0 Å². The normalized spacial score (nSPS) is 27.3. The number of rotatable bonds is 4. The van der Waals surface area contributed by atoms with Gasteiger partial charge in [0.15, 0.2) is 5.90 Å². The second kappa shape index (κ2) is 7.08. The third-order valence-corrected chi connectivity index (χ3v) is 6.27. The molecule has 3 aliphatic rings. The van der Waals surface area contributed by atoms with Crippen LogP contribution in [0.1, 0.15) is 36.8 Å². The molecule has 2 unspecified atom stereocenters. The number of benzene rings is 2. The molecular weight excluding hydrogens is 334 g/mol. The first kappa shape index (κ1) is 16.9. The summed E-state index contributed by atoms with van der Waals surface area (Å²) in [6.45, 7) is 0. The van der Waals surface area contributed by atoms with Crippen molar-refractivity contribution in [2.24, 2.45) is 11.0 Å². The van der Waals surface area contributed by atoms with Crippen LogP contribution in [-0.4, -0.2) is 26.5 Å². The molecule has 0 aromatic heterocycles. The van der Waals surface area contributed by atoms with Crippen molar-refractivity contribution in [2.75, 3.05) is 0 Å². The van der Waals surface area contributed by atoms with Crippen molar-refractivity contribution < 1.29 is 9.31 Å². The first-order valence-electron chi connectivity index (χ1n) is 9.96. The highest BCUT2D eigenvalue weighted by atomic mass is 16.5. The zero-order valence-corrected chi connectivity index (χ0v) is 15.4. The van der Waals surface area contributed by atoms with Crippen molar-refractivity contribution in [2.45, 2.75) is 43.4 Å². The van der Waals surface area contributed by atoms with E-state index in [2.05, 4.69) is 71.1 Å². The van der Waals surface area contributed by atoms with E-state index in [0.29, 0.717) is 5.92 Å². The molecule has 4 nitrogen and oxygen atoms in total. The smallest absolute Gasteiger partial charge is 0.446 e. The predicted molar refractivity (Wildman–Crippen MR) is 108 cm³/mol. The third-order valence-electron chi connectivity index (χ3n) is 6.27. The minimum absolute atomic E-state index is 0.214. The van der Waals surface area contributed by atoms with Gasteiger partial charge in [0, 0.05) is 12.5 Å². The number of hydrazone groups is 1. The van der Waals surface area contributed by atoms with Crippen LogP contribution in [0.15, 0.2) is 65.8 Å². The predicted octanol–water partition coefficient (Wildman–Crippen LogP) is 3.56. The van der Waals surface area contributed by atoms with Crippen molar-refractivity contribution in [3.05, 3.63) is 71.8 Å². The van der Waals surface area contributed by atoms with Gasteiger partial charge < -0.3 is 14.6 Å². The van der Waals surface area contributed by atoms with Crippen LogP contribution in [0.4, 0.5) is 0 Å². The Morgan fingerprint density at radius 3 is 2.33 bits per heavy atom. The number of fused-ring (bicyclic) bond motifs is 1. The quantitative estimate of drug-likeness (QED) is 0.672. The lowest BCUT2D eigenvalue weighted by Gasteiger charge is -2.37. The molecule has 5 rings (SSSR count). The second-order valence-electron chi connectivity index (χ2n) is 7.65. The largest absolute Gasteiger partial charge is 0.552 e. The van der Waals surface area contributed by atoms with Gasteiger partial charge in [-0.1, -0.05) is 67.1 Å². The Balaban J connectivity index is 1.63. The van der Waals surface area contributed by atoms with Crippen LogP contribution in [0.25, 0.3) is 0 Å². The van der Waals surface area contributed by atoms with Gasteiger partial charge in [-0.2, -0.15) is 5.10 Å². The van der Waals surface area contributed by atoms with Gasteiger partial charge >= 0.3 is 14.5 Å². The summed E-state index contributed by atoms with van der Waals surface area (Å²) in [5, 5.41) is 7.67. The fraction of sp³-hybridized carbons (Fsp3) is 0.381. The van der Waals surface area contributed by atoms with Crippen molar-refractivity contribution in [3.63, 3.8) is 0 Å².